The quantitative estimate of drug-likeness (QED) is 0.887. The first kappa shape index (κ1) is 17.5. The lowest BCUT2D eigenvalue weighted by Crippen LogP contribution is -2.45. The van der Waals surface area contributed by atoms with Gasteiger partial charge in [-0.05, 0) is 34.6 Å². The molecule has 0 aliphatic carbocycles. The summed E-state index contributed by atoms with van der Waals surface area (Å²) in [5, 5.41) is 7.24. The number of amides is 1. The van der Waals surface area contributed by atoms with Gasteiger partial charge in [0.1, 0.15) is 5.60 Å². The first-order valence-electron chi connectivity index (χ1n) is 7.18. The summed E-state index contributed by atoms with van der Waals surface area (Å²) in [7, 11) is 1.91. The Kier molecular flexibility index (Phi) is 5.04. The average molecular weight is 296 g/mol. The van der Waals surface area contributed by atoms with Crippen LogP contribution in [0.25, 0.3) is 0 Å². The van der Waals surface area contributed by atoms with Gasteiger partial charge < -0.3 is 15.8 Å². The zero-order chi connectivity index (χ0) is 16.4. The maximum Gasteiger partial charge on any atom is 0.407 e. The summed E-state index contributed by atoms with van der Waals surface area (Å²) in [5.41, 5.74) is 8.17. The molecule has 1 rings (SSSR count). The van der Waals surface area contributed by atoms with Crippen LogP contribution in [0.1, 0.15) is 44.6 Å². The van der Waals surface area contributed by atoms with Gasteiger partial charge in [0.15, 0.2) is 0 Å². The average Bonchev–Trinajstić information content (AvgIpc) is 2.59. The number of carbonyl (C=O) groups excluding carboxylic acids is 1. The Morgan fingerprint density at radius 2 is 1.90 bits per heavy atom. The van der Waals surface area contributed by atoms with E-state index in [-0.39, 0.29) is 5.41 Å². The molecule has 0 saturated carbocycles. The molecule has 6 nitrogen and oxygen atoms in total. The van der Waals surface area contributed by atoms with Gasteiger partial charge in [-0.3, -0.25) is 4.68 Å². The molecule has 0 saturated heterocycles. The van der Waals surface area contributed by atoms with Gasteiger partial charge in [0.05, 0.1) is 5.69 Å². The molecule has 1 atom stereocenters. The van der Waals surface area contributed by atoms with Crippen molar-refractivity contribution in [2.24, 2.45) is 12.8 Å². The number of hydrogen-bond donors (Lipinski definition) is 2. The third-order valence-electron chi connectivity index (χ3n) is 3.58. The Morgan fingerprint density at radius 1 is 1.33 bits per heavy atom. The van der Waals surface area contributed by atoms with Crippen LogP contribution in [0.3, 0.4) is 0 Å². The van der Waals surface area contributed by atoms with Crippen molar-refractivity contribution >= 4 is 6.09 Å². The minimum Gasteiger partial charge on any atom is -0.444 e. The number of alkyl carbamates (subject to hydrolysis) is 1. The molecular weight excluding hydrogens is 268 g/mol. The maximum absolute atomic E-state index is 11.8. The molecule has 0 aliphatic heterocycles. The van der Waals surface area contributed by atoms with Gasteiger partial charge in [-0.15, -0.1) is 0 Å². The number of aromatic nitrogens is 2. The summed E-state index contributed by atoms with van der Waals surface area (Å²) in [5.74, 6) is 0. The van der Waals surface area contributed by atoms with E-state index in [2.05, 4.69) is 10.4 Å². The second kappa shape index (κ2) is 6.05. The smallest absolute Gasteiger partial charge is 0.407 e. The summed E-state index contributed by atoms with van der Waals surface area (Å²) >= 11 is 0. The SMILES string of the molecule is Cc1nn(C)c(C)c1C(C)(CN)CNC(=O)OC(C)(C)C. The van der Waals surface area contributed by atoms with Crippen molar-refractivity contribution in [3.05, 3.63) is 17.0 Å². The lowest BCUT2D eigenvalue weighted by Gasteiger charge is -2.30. The van der Waals surface area contributed by atoms with Gasteiger partial charge in [0, 0.05) is 36.8 Å². The van der Waals surface area contributed by atoms with E-state index in [4.69, 9.17) is 10.5 Å². The molecule has 1 amide bonds. The van der Waals surface area contributed by atoms with E-state index in [0.717, 1.165) is 17.0 Å². The van der Waals surface area contributed by atoms with E-state index in [1.807, 2.05) is 53.3 Å². The van der Waals surface area contributed by atoms with Crippen LogP contribution in [-0.4, -0.2) is 34.6 Å². The van der Waals surface area contributed by atoms with Crippen molar-refractivity contribution in [2.75, 3.05) is 13.1 Å². The highest BCUT2D eigenvalue weighted by Gasteiger charge is 2.32. The largest absolute Gasteiger partial charge is 0.444 e. The number of nitrogens with zero attached hydrogens (tertiary/aromatic N) is 2. The molecule has 21 heavy (non-hydrogen) atoms. The molecule has 1 aromatic heterocycles. The molecule has 1 heterocycles. The second-order valence-electron chi connectivity index (χ2n) is 6.79. The minimum atomic E-state index is -0.511. The van der Waals surface area contributed by atoms with Crippen LogP contribution in [0.5, 0.6) is 0 Å². The van der Waals surface area contributed by atoms with Gasteiger partial charge in [-0.1, -0.05) is 6.92 Å². The number of nitrogens with one attached hydrogen (secondary N) is 1. The van der Waals surface area contributed by atoms with Crippen molar-refractivity contribution in [3.8, 4) is 0 Å². The van der Waals surface area contributed by atoms with Crippen LogP contribution in [-0.2, 0) is 17.2 Å². The number of hydrogen-bond acceptors (Lipinski definition) is 4. The Labute approximate surface area is 127 Å². The number of carbonyl (C=O) groups is 1. The van der Waals surface area contributed by atoms with Crippen LogP contribution < -0.4 is 11.1 Å². The third kappa shape index (κ3) is 4.20. The molecule has 120 valence electrons. The van der Waals surface area contributed by atoms with Gasteiger partial charge in [-0.2, -0.15) is 5.10 Å². The highest BCUT2D eigenvalue weighted by atomic mass is 16.6. The Morgan fingerprint density at radius 3 is 2.29 bits per heavy atom. The van der Waals surface area contributed by atoms with E-state index in [1.54, 1.807) is 0 Å². The van der Waals surface area contributed by atoms with Crippen molar-refractivity contribution in [1.29, 1.82) is 0 Å². The molecule has 1 unspecified atom stereocenters. The van der Waals surface area contributed by atoms with E-state index in [0.29, 0.717) is 13.1 Å². The molecular formula is C15H28N4O2. The first-order valence-corrected chi connectivity index (χ1v) is 7.18. The molecule has 0 radical (unpaired) electrons. The second-order valence-corrected chi connectivity index (χ2v) is 6.79. The van der Waals surface area contributed by atoms with Gasteiger partial charge >= 0.3 is 6.09 Å². The highest BCUT2D eigenvalue weighted by molar-refractivity contribution is 5.67. The van der Waals surface area contributed by atoms with E-state index in [9.17, 15) is 4.79 Å². The van der Waals surface area contributed by atoms with Crippen LogP contribution in [0.4, 0.5) is 4.79 Å². The standard InChI is InChI=1S/C15H28N4O2/c1-10-12(11(2)19(7)18-10)15(6,8-16)9-17-13(20)21-14(3,4)5/h8-9,16H2,1-7H3,(H,17,20). The molecule has 6 heteroatoms. The molecule has 0 aromatic carbocycles. The Bertz CT molecular complexity index is 516. The Balaban J connectivity index is 2.89. The number of nitrogens with two attached hydrogens (primary N) is 1. The fraction of sp³-hybridized carbons (Fsp3) is 0.733. The molecule has 3 N–H and O–H groups in total. The van der Waals surface area contributed by atoms with Crippen LogP contribution in [0, 0.1) is 13.8 Å². The normalized spacial score (nSPS) is 14.7. The summed E-state index contributed by atoms with van der Waals surface area (Å²) in [4.78, 5) is 11.8. The summed E-state index contributed by atoms with van der Waals surface area (Å²) in [6, 6.07) is 0. The predicted molar refractivity (Wildman–Crippen MR) is 83.3 cm³/mol. The minimum absolute atomic E-state index is 0.376. The zero-order valence-electron chi connectivity index (χ0n) is 14.2. The maximum atomic E-state index is 11.8. The predicted octanol–water partition coefficient (Wildman–Crippen LogP) is 1.78. The first-order chi connectivity index (χ1) is 9.50. The monoisotopic (exact) mass is 296 g/mol. The lowest BCUT2D eigenvalue weighted by atomic mass is 9.81. The fourth-order valence-corrected chi connectivity index (χ4v) is 2.49. The topological polar surface area (TPSA) is 82.2 Å². The summed E-state index contributed by atoms with van der Waals surface area (Å²) in [6.07, 6.45) is -0.429. The summed E-state index contributed by atoms with van der Waals surface area (Å²) in [6.45, 7) is 12.3. The molecule has 0 aliphatic rings. The molecule has 0 spiro atoms. The molecule has 0 bridgehead atoms. The number of aryl methyl sites for hydroxylation is 2. The van der Waals surface area contributed by atoms with E-state index < -0.39 is 11.7 Å². The van der Waals surface area contributed by atoms with Crippen molar-refractivity contribution in [3.63, 3.8) is 0 Å². The van der Waals surface area contributed by atoms with Gasteiger partial charge in [0.2, 0.25) is 0 Å². The van der Waals surface area contributed by atoms with Crippen LogP contribution in [0.2, 0.25) is 0 Å². The Hall–Kier alpha value is -1.56. The van der Waals surface area contributed by atoms with Crippen LogP contribution >= 0.6 is 0 Å². The third-order valence-corrected chi connectivity index (χ3v) is 3.58. The van der Waals surface area contributed by atoms with Gasteiger partial charge in [0.25, 0.3) is 0 Å². The van der Waals surface area contributed by atoms with Crippen LogP contribution in [0.15, 0.2) is 0 Å². The highest BCUT2D eigenvalue weighted by Crippen LogP contribution is 2.28. The summed E-state index contributed by atoms with van der Waals surface area (Å²) < 4.78 is 7.11. The molecule has 0 fully saturated rings. The lowest BCUT2D eigenvalue weighted by molar-refractivity contribution is 0.0516. The van der Waals surface area contributed by atoms with E-state index in [1.165, 1.54) is 0 Å². The van der Waals surface area contributed by atoms with Crippen molar-refractivity contribution in [2.45, 2.75) is 52.6 Å². The number of rotatable bonds is 4. The zero-order valence-corrected chi connectivity index (χ0v) is 14.2. The van der Waals surface area contributed by atoms with Gasteiger partial charge in [-0.25, -0.2) is 4.79 Å². The number of ether oxygens (including phenoxy) is 1. The molecule has 1 aromatic rings. The van der Waals surface area contributed by atoms with Crippen molar-refractivity contribution in [1.82, 2.24) is 15.1 Å². The fourth-order valence-electron chi connectivity index (χ4n) is 2.49. The van der Waals surface area contributed by atoms with Crippen molar-refractivity contribution < 1.29 is 9.53 Å². The van der Waals surface area contributed by atoms with E-state index >= 15 is 0 Å².